The fourth-order valence-corrected chi connectivity index (χ4v) is 2.91. The molecule has 2 rings (SSSR count). The van der Waals surface area contributed by atoms with Crippen molar-refractivity contribution in [1.29, 1.82) is 0 Å². The maximum atomic E-state index is 12.9. The number of aryl methyl sites for hydroxylation is 1. The molecule has 1 saturated heterocycles. The fourth-order valence-electron chi connectivity index (χ4n) is 1.85. The fraction of sp³-hybridized carbons (Fsp3) is 0.545. The van der Waals surface area contributed by atoms with E-state index in [1.54, 1.807) is 0 Å². The Balaban J connectivity index is 2.32. The van der Waals surface area contributed by atoms with Crippen LogP contribution in [0.4, 0.5) is 13.2 Å². The largest absolute Gasteiger partial charge is 0.434 e. The first kappa shape index (κ1) is 14.9. The molecule has 0 aliphatic carbocycles. The molecule has 0 unspecified atom stereocenters. The summed E-state index contributed by atoms with van der Waals surface area (Å²) in [4.78, 5) is 20.4. The summed E-state index contributed by atoms with van der Waals surface area (Å²) in [5.41, 5.74) is -1.78. The second-order valence-corrected chi connectivity index (χ2v) is 6.01. The Labute approximate surface area is 115 Å². The first-order chi connectivity index (χ1) is 9.29. The molecule has 0 N–H and O–H groups in total. The van der Waals surface area contributed by atoms with Gasteiger partial charge < -0.3 is 4.90 Å². The van der Waals surface area contributed by atoms with Crippen LogP contribution in [0.5, 0.6) is 0 Å². The van der Waals surface area contributed by atoms with Gasteiger partial charge in [0.15, 0.2) is 5.69 Å². The summed E-state index contributed by atoms with van der Waals surface area (Å²) in [5, 5.41) is 0. The second kappa shape index (κ2) is 5.47. The highest BCUT2D eigenvalue weighted by Crippen LogP contribution is 2.30. The van der Waals surface area contributed by atoms with Crippen molar-refractivity contribution in [3.05, 3.63) is 23.3 Å². The molecule has 0 spiro atoms. The Kier molecular flexibility index (Phi) is 4.07. The molecule has 1 aliphatic heterocycles. The van der Waals surface area contributed by atoms with Crippen molar-refractivity contribution in [3.8, 4) is 0 Å². The van der Waals surface area contributed by atoms with Gasteiger partial charge in [-0.3, -0.25) is 9.00 Å². The van der Waals surface area contributed by atoms with Gasteiger partial charge in [-0.2, -0.15) is 13.2 Å². The highest BCUT2D eigenvalue weighted by Gasteiger charge is 2.39. The average molecular weight is 307 g/mol. The van der Waals surface area contributed by atoms with E-state index in [0.29, 0.717) is 0 Å². The molecule has 1 fully saturated rings. The second-order valence-electron chi connectivity index (χ2n) is 4.32. The third-order valence-corrected chi connectivity index (χ3v) is 4.15. The van der Waals surface area contributed by atoms with E-state index in [4.69, 9.17) is 0 Å². The number of carbonyl (C=O) groups is 1. The van der Waals surface area contributed by atoms with E-state index in [0.717, 1.165) is 6.20 Å². The lowest BCUT2D eigenvalue weighted by molar-refractivity contribution is -0.141. The Bertz CT molecular complexity index is 552. The van der Waals surface area contributed by atoms with E-state index in [1.807, 2.05) is 0 Å². The minimum atomic E-state index is -4.71. The average Bonchev–Trinajstić information content (AvgIpc) is 2.38. The van der Waals surface area contributed by atoms with Gasteiger partial charge in [0, 0.05) is 41.6 Å². The van der Waals surface area contributed by atoms with Crippen LogP contribution in [0, 0.1) is 6.92 Å². The Morgan fingerprint density at radius 2 is 1.95 bits per heavy atom. The van der Waals surface area contributed by atoms with E-state index in [1.165, 1.54) is 11.8 Å². The van der Waals surface area contributed by atoms with Crippen LogP contribution in [0.3, 0.4) is 0 Å². The summed E-state index contributed by atoms with van der Waals surface area (Å²) in [5.74, 6) is -0.262. The number of aromatic nitrogens is 2. The Hall–Kier alpha value is -1.51. The maximum absolute atomic E-state index is 12.9. The molecule has 0 saturated carbocycles. The molecule has 0 radical (unpaired) electrons. The van der Waals surface area contributed by atoms with E-state index < -0.39 is 34.1 Å². The van der Waals surface area contributed by atoms with Crippen LogP contribution < -0.4 is 0 Å². The van der Waals surface area contributed by atoms with Crippen LogP contribution in [0.2, 0.25) is 0 Å². The lowest BCUT2D eigenvalue weighted by atomic mass is 10.2. The minimum Gasteiger partial charge on any atom is -0.337 e. The lowest BCUT2D eigenvalue weighted by Crippen LogP contribution is -2.42. The molecule has 5 nitrogen and oxygen atoms in total. The monoisotopic (exact) mass is 307 g/mol. The summed E-state index contributed by atoms with van der Waals surface area (Å²) >= 11 is 0. The molecule has 2 heterocycles. The number of hydrogen-bond donors (Lipinski definition) is 0. The van der Waals surface area contributed by atoms with E-state index in [2.05, 4.69) is 9.97 Å². The van der Waals surface area contributed by atoms with Crippen LogP contribution in [-0.2, 0) is 17.0 Å². The van der Waals surface area contributed by atoms with E-state index in [9.17, 15) is 22.2 Å². The van der Waals surface area contributed by atoms with Crippen molar-refractivity contribution in [1.82, 2.24) is 14.9 Å². The zero-order valence-corrected chi connectivity index (χ0v) is 11.4. The van der Waals surface area contributed by atoms with Crippen LogP contribution in [0.25, 0.3) is 0 Å². The van der Waals surface area contributed by atoms with Crippen LogP contribution in [-0.4, -0.2) is 49.6 Å². The van der Waals surface area contributed by atoms with Crippen LogP contribution in [0.1, 0.15) is 21.9 Å². The zero-order chi connectivity index (χ0) is 14.9. The summed E-state index contributed by atoms with van der Waals surface area (Å²) in [7, 11) is -1.01. The summed E-state index contributed by atoms with van der Waals surface area (Å²) < 4.78 is 49.9. The number of halogens is 3. The van der Waals surface area contributed by atoms with Crippen LogP contribution in [0.15, 0.2) is 6.20 Å². The number of carbonyl (C=O) groups excluding carboxylic acids is 1. The van der Waals surface area contributed by atoms with Crippen molar-refractivity contribution in [3.63, 3.8) is 0 Å². The predicted octanol–water partition coefficient (Wildman–Crippen LogP) is 1.01. The first-order valence-corrected chi connectivity index (χ1v) is 7.33. The van der Waals surface area contributed by atoms with E-state index >= 15 is 0 Å². The molecule has 1 aliphatic rings. The van der Waals surface area contributed by atoms with Crippen LogP contribution >= 0.6 is 0 Å². The SMILES string of the molecule is Cc1ncc(C(=O)N2CCS(=O)CC2)c(C(F)(F)F)n1. The van der Waals surface area contributed by atoms with Crippen molar-refractivity contribution >= 4 is 16.7 Å². The van der Waals surface area contributed by atoms with Crippen molar-refractivity contribution in [2.75, 3.05) is 24.6 Å². The van der Waals surface area contributed by atoms with Crippen molar-refractivity contribution < 1.29 is 22.2 Å². The summed E-state index contributed by atoms with van der Waals surface area (Å²) in [6.07, 6.45) is -3.81. The van der Waals surface area contributed by atoms with Gasteiger partial charge in [-0.05, 0) is 6.92 Å². The highest BCUT2D eigenvalue weighted by atomic mass is 32.2. The molecular weight excluding hydrogens is 295 g/mol. The maximum Gasteiger partial charge on any atom is 0.434 e. The van der Waals surface area contributed by atoms with Gasteiger partial charge in [0.2, 0.25) is 0 Å². The number of alkyl halides is 3. The number of rotatable bonds is 1. The molecule has 1 aromatic heterocycles. The zero-order valence-electron chi connectivity index (χ0n) is 10.6. The molecule has 1 aromatic rings. The van der Waals surface area contributed by atoms with E-state index in [-0.39, 0.29) is 30.4 Å². The van der Waals surface area contributed by atoms with Gasteiger partial charge in [-0.25, -0.2) is 9.97 Å². The quantitative estimate of drug-likeness (QED) is 0.777. The summed E-state index contributed by atoms with van der Waals surface area (Å²) in [6, 6.07) is 0. The number of nitrogens with zero attached hydrogens (tertiary/aromatic N) is 3. The molecule has 0 atom stereocenters. The molecule has 9 heteroatoms. The normalized spacial score (nSPS) is 17.3. The molecule has 20 heavy (non-hydrogen) atoms. The van der Waals surface area contributed by atoms with Crippen molar-refractivity contribution in [2.45, 2.75) is 13.1 Å². The van der Waals surface area contributed by atoms with Gasteiger partial charge >= 0.3 is 6.18 Å². The molecule has 1 amide bonds. The van der Waals surface area contributed by atoms with Gasteiger partial charge in [-0.15, -0.1) is 0 Å². The number of amides is 1. The first-order valence-electron chi connectivity index (χ1n) is 5.84. The van der Waals surface area contributed by atoms with Gasteiger partial charge in [0.05, 0.1) is 5.56 Å². The Morgan fingerprint density at radius 3 is 2.50 bits per heavy atom. The third kappa shape index (κ3) is 3.14. The molecular formula is C11H12F3N3O2S. The minimum absolute atomic E-state index is 0.0476. The topological polar surface area (TPSA) is 63.2 Å². The standard InChI is InChI=1S/C11H12F3N3O2S/c1-7-15-6-8(9(16-7)11(12,13)14)10(18)17-2-4-20(19)5-3-17/h6H,2-5H2,1H3. The third-order valence-electron chi connectivity index (χ3n) is 2.87. The summed E-state index contributed by atoms with van der Waals surface area (Å²) in [6.45, 7) is 1.68. The molecule has 0 bridgehead atoms. The van der Waals surface area contributed by atoms with Gasteiger partial charge in [-0.1, -0.05) is 0 Å². The number of hydrogen-bond acceptors (Lipinski definition) is 4. The molecule has 110 valence electrons. The smallest absolute Gasteiger partial charge is 0.337 e. The van der Waals surface area contributed by atoms with Crippen molar-refractivity contribution in [2.24, 2.45) is 0 Å². The van der Waals surface area contributed by atoms with Gasteiger partial charge in [0.25, 0.3) is 5.91 Å². The Morgan fingerprint density at radius 1 is 1.35 bits per heavy atom. The molecule has 0 aromatic carbocycles. The lowest BCUT2D eigenvalue weighted by Gasteiger charge is -2.27. The predicted molar refractivity (Wildman–Crippen MR) is 65.6 cm³/mol. The highest BCUT2D eigenvalue weighted by molar-refractivity contribution is 7.85. The van der Waals surface area contributed by atoms with Gasteiger partial charge in [0.1, 0.15) is 5.82 Å².